The highest BCUT2D eigenvalue weighted by Crippen LogP contribution is 2.34. The van der Waals surface area contributed by atoms with Crippen molar-refractivity contribution in [2.24, 2.45) is 0 Å². The van der Waals surface area contributed by atoms with Crippen molar-refractivity contribution in [1.82, 2.24) is 14.8 Å². The third kappa shape index (κ3) is 3.31. The van der Waals surface area contributed by atoms with Crippen molar-refractivity contribution in [3.05, 3.63) is 54.1 Å². The molecule has 1 N–H and O–H groups in total. The van der Waals surface area contributed by atoms with Crippen molar-refractivity contribution in [3.63, 3.8) is 0 Å². The molecule has 0 amide bonds. The molecule has 5 rings (SSSR count). The van der Waals surface area contributed by atoms with Crippen LogP contribution in [-0.2, 0) is 11.3 Å². The maximum Gasteiger partial charge on any atom is 0.279 e. The van der Waals surface area contributed by atoms with Crippen molar-refractivity contribution < 1.29 is 14.6 Å². The first-order chi connectivity index (χ1) is 13.7. The first-order valence-corrected chi connectivity index (χ1v) is 10.3. The SMILES string of the molecule is O=C[C@@H](O)N1CC2CC1CN2Cc1ccc(Oc2nc3ccccc3s2)cc1. The third-order valence-corrected chi connectivity index (χ3v) is 6.56. The molecule has 2 aliphatic heterocycles. The van der Waals surface area contributed by atoms with Crippen molar-refractivity contribution in [2.45, 2.75) is 31.3 Å². The lowest BCUT2D eigenvalue weighted by molar-refractivity contribution is -0.126. The Morgan fingerprint density at radius 1 is 1.18 bits per heavy atom. The van der Waals surface area contributed by atoms with Gasteiger partial charge in [0, 0.05) is 31.7 Å². The lowest BCUT2D eigenvalue weighted by atomic mass is 10.2. The number of aliphatic hydroxyl groups is 1. The zero-order valence-corrected chi connectivity index (χ0v) is 16.1. The van der Waals surface area contributed by atoms with Gasteiger partial charge in [-0.1, -0.05) is 35.6 Å². The summed E-state index contributed by atoms with van der Waals surface area (Å²) in [6.45, 7) is 2.51. The monoisotopic (exact) mass is 395 g/mol. The summed E-state index contributed by atoms with van der Waals surface area (Å²) in [5, 5.41) is 10.4. The second-order valence-corrected chi connectivity index (χ2v) is 8.41. The number of hydrogen-bond donors (Lipinski definition) is 1. The molecule has 2 aromatic carbocycles. The van der Waals surface area contributed by atoms with Crippen molar-refractivity contribution in [1.29, 1.82) is 0 Å². The summed E-state index contributed by atoms with van der Waals surface area (Å²) < 4.78 is 7.03. The van der Waals surface area contributed by atoms with Crippen LogP contribution in [0.1, 0.15) is 12.0 Å². The van der Waals surface area contributed by atoms with E-state index in [4.69, 9.17) is 4.74 Å². The standard InChI is InChI=1S/C21H21N3O3S/c25-13-20(26)24-12-15-9-16(24)11-23(15)10-14-5-7-17(8-6-14)27-21-22-18-3-1-2-4-19(18)28-21/h1-8,13,15-16,20,26H,9-12H2/t15?,16?,20-/m1/s1. The number of thiazole rings is 1. The van der Waals surface area contributed by atoms with Gasteiger partial charge in [0.1, 0.15) is 5.75 Å². The Labute approximate surface area is 167 Å². The number of piperazine rings is 1. The number of hydrogen-bond acceptors (Lipinski definition) is 7. The number of fused-ring (bicyclic) bond motifs is 3. The molecule has 28 heavy (non-hydrogen) atoms. The zero-order chi connectivity index (χ0) is 19.1. The third-order valence-electron chi connectivity index (χ3n) is 5.65. The second kappa shape index (κ2) is 7.25. The van der Waals surface area contributed by atoms with Crippen LogP contribution in [0.5, 0.6) is 10.9 Å². The number of para-hydroxylation sites is 1. The number of likely N-dealkylation sites (tertiary alicyclic amines) is 2. The number of carbonyl (C=O) groups excluding carboxylic acids is 1. The fraction of sp³-hybridized carbons (Fsp3) is 0.333. The van der Waals surface area contributed by atoms with Crippen LogP contribution in [0.4, 0.5) is 0 Å². The average Bonchev–Trinajstić information content (AvgIpc) is 3.42. The van der Waals surface area contributed by atoms with Crippen molar-refractivity contribution in [2.75, 3.05) is 13.1 Å². The lowest BCUT2D eigenvalue weighted by Gasteiger charge is -2.35. The van der Waals surface area contributed by atoms with Crippen LogP contribution in [0, 0.1) is 0 Å². The minimum atomic E-state index is -0.962. The minimum absolute atomic E-state index is 0.270. The van der Waals surface area contributed by atoms with E-state index in [1.54, 1.807) is 11.3 Å². The molecule has 1 aromatic heterocycles. The van der Waals surface area contributed by atoms with E-state index in [0.717, 1.165) is 42.0 Å². The molecule has 2 bridgehead atoms. The van der Waals surface area contributed by atoms with Gasteiger partial charge in [0.05, 0.1) is 10.2 Å². The van der Waals surface area contributed by atoms with Crippen LogP contribution in [0.15, 0.2) is 48.5 Å². The van der Waals surface area contributed by atoms with Gasteiger partial charge >= 0.3 is 0 Å². The van der Waals surface area contributed by atoms with Gasteiger partial charge in [0.25, 0.3) is 5.19 Å². The average molecular weight is 395 g/mol. The number of aldehydes is 1. The van der Waals surface area contributed by atoms with E-state index < -0.39 is 6.23 Å². The van der Waals surface area contributed by atoms with Crippen LogP contribution in [-0.4, -0.2) is 57.6 Å². The normalized spacial score (nSPS) is 23.3. The molecule has 0 aliphatic carbocycles. The molecule has 2 saturated heterocycles. The maximum absolute atomic E-state index is 10.8. The maximum atomic E-state index is 10.8. The minimum Gasteiger partial charge on any atom is -0.431 e. The number of benzene rings is 2. The van der Waals surface area contributed by atoms with E-state index in [1.807, 2.05) is 41.3 Å². The first kappa shape index (κ1) is 17.8. The Kier molecular flexibility index (Phi) is 4.60. The molecule has 2 aliphatic rings. The highest BCUT2D eigenvalue weighted by atomic mass is 32.1. The van der Waals surface area contributed by atoms with Gasteiger partial charge in [0.2, 0.25) is 0 Å². The van der Waals surface area contributed by atoms with E-state index in [9.17, 15) is 9.90 Å². The summed E-state index contributed by atoms with van der Waals surface area (Å²) in [5.74, 6) is 0.783. The summed E-state index contributed by atoms with van der Waals surface area (Å²) >= 11 is 1.54. The van der Waals surface area contributed by atoms with E-state index in [0.29, 0.717) is 17.5 Å². The highest BCUT2D eigenvalue weighted by molar-refractivity contribution is 7.20. The van der Waals surface area contributed by atoms with Gasteiger partial charge in [-0.15, -0.1) is 0 Å². The highest BCUT2D eigenvalue weighted by Gasteiger charge is 2.45. The van der Waals surface area contributed by atoms with Gasteiger partial charge in [0.15, 0.2) is 12.5 Å². The molecule has 2 fully saturated rings. The molecule has 3 heterocycles. The van der Waals surface area contributed by atoms with Gasteiger partial charge in [-0.3, -0.25) is 14.6 Å². The van der Waals surface area contributed by atoms with Crippen LogP contribution in [0.25, 0.3) is 10.2 Å². The smallest absolute Gasteiger partial charge is 0.279 e. The van der Waals surface area contributed by atoms with Gasteiger partial charge in [-0.2, -0.15) is 0 Å². The molecule has 7 heteroatoms. The second-order valence-electron chi connectivity index (χ2n) is 7.41. The number of ether oxygens (including phenoxy) is 1. The van der Waals surface area contributed by atoms with E-state index in [1.165, 1.54) is 5.56 Å². The van der Waals surface area contributed by atoms with Crippen LogP contribution in [0.3, 0.4) is 0 Å². The number of aromatic nitrogens is 1. The first-order valence-electron chi connectivity index (χ1n) is 9.45. The molecule has 3 atom stereocenters. The summed E-state index contributed by atoms with van der Waals surface area (Å²) in [5.41, 5.74) is 2.18. The zero-order valence-electron chi connectivity index (χ0n) is 15.3. The van der Waals surface area contributed by atoms with E-state index >= 15 is 0 Å². The summed E-state index contributed by atoms with van der Waals surface area (Å²) in [6.07, 6.45) is 0.676. The van der Waals surface area contributed by atoms with Gasteiger partial charge < -0.3 is 9.84 Å². The van der Waals surface area contributed by atoms with Crippen molar-refractivity contribution in [3.8, 4) is 10.9 Å². The van der Waals surface area contributed by atoms with Crippen LogP contribution >= 0.6 is 11.3 Å². The Balaban J connectivity index is 1.21. The Hall–Kier alpha value is -2.32. The number of rotatable bonds is 6. The Morgan fingerprint density at radius 2 is 2.00 bits per heavy atom. The lowest BCUT2D eigenvalue weighted by Crippen LogP contribution is -2.50. The molecule has 6 nitrogen and oxygen atoms in total. The fourth-order valence-electron chi connectivity index (χ4n) is 4.27. The molecular formula is C21H21N3O3S. The fourth-order valence-corrected chi connectivity index (χ4v) is 5.10. The molecule has 144 valence electrons. The predicted octanol–water partition coefficient (Wildman–Crippen LogP) is 2.86. The summed E-state index contributed by atoms with van der Waals surface area (Å²) in [6, 6.07) is 16.8. The topological polar surface area (TPSA) is 65.9 Å². The van der Waals surface area contributed by atoms with Crippen molar-refractivity contribution >= 4 is 27.8 Å². The predicted molar refractivity (Wildman–Crippen MR) is 108 cm³/mol. The number of aliphatic hydroxyl groups excluding tert-OH is 1. The molecule has 2 unspecified atom stereocenters. The number of carbonyl (C=O) groups is 1. The quantitative estimate of drug-likeness (QED) is 0.648. The van der Waals surface area contributed by atoms with Crippen LogP contribution < -0.4 is 4.74 Å². The summed E-state index contributed by atoms with van der Waals surface area (Å²) in [4.78, 5) is 19.7. The van der Waals surface area contributed by atoms with E-state index in [-0.39, 0.29) is 6.04 Å². The van der Waals surface area contributed by atoms with Crippen LogP contribution in [0.2, 0.25) is 0 Å². The molecule has 0 saturated carbocycles. The van der Waals surface area contributed by atoms with E-state index in [2.05, 4.69) is 22.0 Å². The molecule has 0 spiro atoms. The molecule has 0 radical (unpaired) electrons. The number of nitrogens with zero attached hydrogens (tertiary/aromatic N) is 3. The van der Waals surface area contributed by atoms with Gasteiger partial charge in [-0.05, 0) is 36.2 Å². The Morgan fingerprint density at radius 3 is 2.71 bits per heavy atom. The summed E-state index contributed by atoms with van der Waals surface area (Å²) in [7, 11) is 0. The van der Waals surface area contributed by atoms with Gasteiger partial charge in [-0.25, -0.2) is 4.98 Å². The molecule has 3 aromatic rings. The largest absolute Gasteiger partial charge is 0.431 e. The molecular weight excluding hydrogens is 374 g/mol. The Bertz CT molecular complexity index is 957.